The highest BCUT2D eigenvalue weighted by Crippen LogP contribution is 2.18. The number of aryl methyl sites for hydroxylation is 1. The zero-order valence-electron chi connectivity index (χ0n) is 10.5. The lowest BCUT2D eigenvalue weighted by Crippen LogP contribution is -2.01. The number of imidazole rings is 1. The molecular formula is C12H12N4OS2. The van der Waals surface area contributed by atoms with Crippen molar-refractivity contribution in [2.45, 2.75) is 13.5 Å². The van der Waals surface area contributed by atoms with Crippen molar-refractivity contribution in [3.63, 3.8) is 0 Å². The molecule has 0 saturated carbocycles. The van der Waals surface area contributed by atoms with Gasteiger partial charge in [0.1, 0.15) is 0 Å². The van der Waals surface area contributed by atoms with Crippen molar-refractivity contribution >= 4 is 34.7 Å². The molecule has 3 heterocycles. The van der Waals surface area contributed by atoms with E-state index in [0.29, 0.717) is 17.2 Å². The van der Waals surface area contributed by atoms with Crippen LogP contribution in [0.5, 0.6) is 5.88 Å². The van der Waals surface area contributed by atoms with E-state index in [1.165, 1.54) is 0 Å². The SMILES string of the molecule is COc1ccc2[nH]c(=S)n(Cc3csc(C)n3)c2n1. The number of ether oxygens (including phenoxy) is 1. The van der Waals surface area contributed by atoms with Gasteiger partial charge in [-0.3, -0.25) is 4.57 Å². The molecule has 0 spiro atoms. The summed E-state index contributed by atoms with van der Waals surface area (Å²) in [5.74, 6) is 0.574. The highest BCUT2D eigenvalue weighted by atomic mass is 32.1. The lowest BCUT2D eigenvalue weighted by molar-refractivity contribution is 0.399. The third-order valence-corrected chi connectivity index (χ3v) is 3.93. The minimum absolute atomic E-state index is 0.574. The predicted molar refractivity (Wildman–Crippen MR) is 77.4 cm³/mol. The van der Waals surface area contributed by atoms with Crippen molar-refractivity contribution in [2.24, 2.45) is 0 Å². The van der Waals surface area contributed by atoms with E-state index in [2.05, 4.69) is 15.0 Å². The van der Waals surface area contributed by atoms with Gasteiger partial charge in [-0.25, -0.2) is 4.98 Å². The van der Waals surface area contributed by atoms with Gasteiger partial charge in [-0.2, -0.15) is 4.98 Å². The zero-order valence-corrected chi connectivity index (χ0v) is 12.1. The summed E-state index contributed by atoms with van der Waals surface area (Å²) in [6.07, 6.45) is 0. The second-order valence-corrected chi connectivity index (χ2v) is 5.55. The predicted octanol–water partition coefficient (Wildman–Crippen LogP) is 2.92. The Hall–Kier alpha value is -1.73. The van der Waals surface area contributed by atoms with Gasteiger partial charge in [0.15, 0.2) is 10.4 Å². The van der Waals surface area contributed by atoms with Gasteiger partial charge in [-0.15, -0.1) is 11.3 Å². The van der Waals surface area contributed by atoms with Gasteiger partial charge in [0, 0.05) is 11.4 Å². The summed E-state index contributed by atoms with van der Waals surface area (Å²) in [6.45, 7) is 2.60. The Morgan fingerprint density at radius 2 is 2.26 bits per heavy atom. The molecular weight excluding hydrogens is 280 g/mol. The molecule has 0 fully saturated rings. The van der Waals surface area contributed by atoms with Crippen LogP contribution in [0.4, 0.5) is 0 Å². The maximum Gasteiger partial charge on any atom is 0.215 e. The fraction of sp³-hybridized carbons (Fsp3) is 0.250. The summed E-state index contributed by atoms with van der Waals surface area (Å²) in [5, 5.41) is 3.09. The average Bonchev–Trinajstić information content (AvgIpc) is 2.94. The molecule has 3 aromatic heterocycles. The Balaban J connectivity index is 2.11. The van der Waals surface area contributed by atoms with E-state index in [1.54, 1.807) is 18.4 Å². The number of H-pyrrole nitrogens is 1. The topological polar surface area (TPSA) is 55.7 Å². The van der Waals surface area contributed by atoms with E-state index in [-0.39, 0.29) is 0 Å². The largest absolute Gasteiger partial charge is 0.481 e. The van der Waals surface area contributed by atoms with Crippen LogP contribution in [0.1, 0.15) is 10.7 Å². The van der Waals surface area contributed by atoms with Gasteiger partial charge < -0.3 is 9.72 Å². The van der Waals surface area contributed by atoms with Crippen molar-refractivity contribution in [2.75, 3.05) is 7.11 Å². The molecule has 98 valence electrons. The average molecular weight is 292 g/mol. The molecule has 0 aliphatic heterocycles. The van der Waals surface area contributed by atoms with E-state index in [0.717, 1.165) is 21.9 Å². The van der Waals surface area contributed by atoms with Crippen LogP contribution in [-0.4, -0.2) is 26.6 Å². The van der Waals surface area contributed by atoms with E-state index < -0.39 is 0 Å². The molecule has 0 radical (unpaired) electrons. The Labute approximate surface area is 118 Å². The number of nitrogens with one attached hydrogen (secondary N) is 1. The maximum absolute atomic E-state index is 5.34. The van der Waals surface area contributed by atoms with Crippen molar-refractivity contribution < 1.29 is 4.74 Å². The lowest BCUT2D eigenvalue weighted by atomic mass is 10.4. The second kappa shape index (κ2) is 4.75. The first-order valence-corrected chi connectivity index (χ1v) is 7.01. The van der Waals surface area contributed by atoms with Crippen LogP contribution < -0.4 is 4.74 Å². The van der Waals surface area contributed by atoms with Gasteiger partial charge in [-0.05, 0) is 25.2 Å². The number of rotatable bonds is 3. The van der Waals surface area contributed by atoms with Crippen molar-refractivity contribution in [3.8, 4) is 5.88 Å². The normalized spacial score (nSPS) is 11.1. The van der Waals surface area contributed by atoms with Gasteiger partial charge in [0.2, 0.25) is 5.88 Å². The number of nitrogens with zero attached hydrogens (tertiary/aromatic N) is 3. The minimum Gasteiger partial charge on any atom is -0.481 e. The third kappa shape index (κ3) is 2.26. The van der Waals surface area contributed by atoms with Crippen LogP contribution in [0.3, 0.4) is 0 Å². The van der Waals surface area contributed by atoms with Gasteiger partial charge in [0.25, 0.3) is 0 Å². The highest BCUT2D eigenvalue weighted by molar-refractivity contribution is 7.71. The fourth-order valence-electron chi connectivity index (χ4n) is 1.92. The van der Waals surface area contributed by atoms with Crippen LogP contribution in [0.15, 0.2) is 17.5 Å². The Kier molecular flexibility index (Phi) is 3.08. The van der Waals surface area contributed by atoms with Crippen LogP contribution in [0, 0.1) is 11.7 Å². The van der Waals surface area contributed by atoms with Gasteiger partial charge in [-0.1, -0.05) is 0 Å². The summed E-state index contributed by atoms with van der Waals surface area (Å²) in [5.41, 5.74) is 2.68. The van der Waals surface area contributed by atoms with E-state index in [9.17, 15) is 0 Å². The molecule has 0 atom stereocenters. The van der Waals surface area contributed by atoms with Gasteiger partial charge >= 0.3 is 0 Å². The standard InChI is InChI=1S/C12H12N4OS2/c1-7-13-8(6-19-7)5-16-11-9(14-12(16)18)3-4-10(15-11)17-2/h3-4,6H,5H2,1-2H3,(H,14,18). The minimum atomic E-state index is 0.574. The smallest absolute Gasteiger partial charge is 0.215 e. The first-order chi connectivity index (χ1) is 9.17. The maximum atomic E-state index is 5.34. The van der Waals surface area contributed by atoms with Crippen molar-refractivity contribution in [3.05, 3.63) is 33.0 Å². The third-order valence-electron chi connectivity index (χ3n) is 2.79. The summed E-state index contributed by atoms with van der Waals surface area (Å²) >= 11 is 6.97. The van der Waals surface area contributed by atoms with Crippen LogP contribution in [-0.2, 0) is 6.54 Å². The molecule has 0 aliphatic carbocycles. The summed E-state index contributed by atoms with van der Waals surface area (Å²) in [4.78, 5) is 12.0. The Morgan fingerprint density at radius 1 is 1.42 bits per heavy atom. The summed E-state index contributed by atoms with van der Waals surface area (Å²) in [7, 11) is 1.60. The number of fused-ring (bicyclic) bond motifs is 1. The molecule has 0 saturated heterocycles. The number of aromatic nitrogens is 4. The summed E-state index contributed by atoms with van der Waals surface area (Å²) in [6, 6.07) is 3.73. The number of thiazole rings is 1. The van der Waals surface area contributed by atoms with E-state index in [4.69, 9.17) is 17.0 Å². The molecule has 0 aromatic carbocycles. The second-order valence-electron chi connectivity index (χ2n) is 4.10. The molecule has 0 unspecified atom stereocenters. The number of hydrogen-bond donors (Lipinski definition) is 1. The van der Waals surface area contributed by atoms with E-state index >= 15 is 0 Å². The molecule has 5 nitrogen and oxygen atoms in total. The number of pyridine rings is 1. The monoisotopic (exact) mass is 292 g/mol. The van der Waals surface area contributed by atoms with E-state index in [1.807, 2.05) is 29.0 Å². The molecule has 0 aliphatic rings. The Bertz CT molecular complexity index is 786. The number of aromatic amines is 1. The molecule has 1 N–H and O–H groups in total. The van der Waals surface area contributed by atoms with Crippen LogP contribution >= 0.6 is 23.6 Å². The lowest BCUT2D eigenvalue weighted by Gasteiger charge is -2.02. The Morgan fingerprint density at radius 3 is 2.95 bits per heavy atom. The van der Waals surface area contributed by atoms with Crippen LogP contribution in [0.25, 0.3) is 11.2 Å². The van der Waals surface area contributed by atoms with Crippen molar-refractivity contribution in [1.82, 2.24) is 19.5 Å². The molecule has 3 rings (SSSR count). The number of hydrogen-bond acceptors (Lipinski definition) is 5. The number of methoxy groups -OCH3 is 1. The fourth-order valence-corrected chi connectivity index (χ4v) is 2.78. The quantitative estimate of drug-likeness (QED) is 0.754. The first kappa shape index (κ1) is 12.3. The summed E-state index contributed by atoms with van der Waals surface area (Å²) < 4.78 is 7.73. The van der Waals surface area contributed by atoms with Crippen molar-refractivity contribution in [1.29, 1.82) is 0 Å². The molecule has 7 heteroatoms. The highest BCUT2D eigenvalue weighted by Gasteiger charge is 2.09. The molecule has 0 bridgehead atoms. The molecule has 3 aromatic rings. The van der Waals surface area contributed by atoms with Crippen LogP contribution in [0.2, 0.25) is 0 Å². The van der Waals surface area contributed by atoms with Gasteiger partial charge in [0.05, 0.1) is 29.9 Å². The first-order valence-electron chi connectivity index (χ1n) is 5.72. The molecule has 0 amide bonds. The zero-order chi connectivity index (χ0) is 13.4. The molecule has 19 heavy (non-hydrogen) atoms.